The van der Waals surface area contributed by atoms with Crippen molar-refractivity contribution >= 4 is 36.7 Å². The predicted octanol–water partition coefficient (Wildman–Crippen LogP) is 1.92. The molecule has 1 saturated heterocycles. The molecule has 0 atom stereocenters. The first-order chi connectivity index (χ1) is 14.7. The van der Waals surface area contributed by atoms with Crippen molar-refractivity contribution in [3.63, 3.8) is 0 Å². The van der Waals surface area contributed by atoms with E-state index in [4.69, 9.17) is 9.15 Å². The molecule has 9 nitrogen and oxygen atoms in total. The Morgan fingerprint density at radius 2 is 1.68 bits per heavy atom. The molecule has 1 aliphatic rings. The summed E-state index contributed by atoms with van der Waals surface area (Å²) < 4.78 is 65.8. The quantitative estimate of drug-likeness (QED) is 0.572. The summed E-state index contributed by atoms with van der Waals surface area (Å²) in [5, 5.41) is 0.446. The van der Waals surface area contributed by atoms with Gasteiger partial charge in [-0.2, -0.15) is 4.31 Å². The standard InChI is InChI=1S/C20H20N2O7S2/c1-14-2-4-16(13-19(14)31(26,27)22-8-10-28-11-9-22)21-30(24,25)17-5-6-18-15(12-17)3-7-20(23)29-18/h2-7,12-13,21H,8-11H2,1H3. The Morgan fingerprint density at radius 1 is 0.935 bits per heavy atom. The van der Waals surface area contributed by atoms with Gasteiger partial charge in [-0.25, -0.2) is 21.6 Å². The minimum atomic E-state index is -4.01. The van der Waals surface area contributed by atoms with E-state index >= 15 is 0 Å². The van der Waals surface area contributed by atoms with Crippen LogP contribution in [-0.4, -0.2) is 47.4 Å². The van der Waals surface area contributed by atoms with Gasteiger partial charge >= 0.3 is 5.63 Å². The Morgan fingerprint density at radius 3 is 2.42 bits per heavy atom. The van der Waals surface area contributed by atoms with Gasteiger partial charge in [0.15, 0.2) is 0 Å². The molecule has 0 spiro atoms. The lowest BCUT2D eigenvalue weighted by molar-refractivity contribution is 0.0730. The molecule has 2 heterocycles. The zero-order valence-corrected chi connectivity index (χ0v) is 18.2. The molecule has 0 bridgehead atoms. The molecule has 0 aliphatic carbocycles. The molecule has 31 heavy (non-hydrogen) atoms. The second kappa shape index (κ2) is 8.08. The normalized spacial score (nSPS) is 15.8. The Bertz CT molecular complexity index is 1410. The SMILES string of the molecule is Cc1ccc(NS(=O)(=O)c2ccc3oc(=O)ccc3c2)cc1S(=O)(=O)N1CCOCC1. The fraction of sp³-hybridized carbons (Fsp3) is 0.250. The second-order valence-corrected chi connectivity index (χ2v) is 10.6. The van der Waals surface area contributed by atoms with Crippen molar-refractivity contribution in [2.75, 3.05) is 31.0 Å². The Labute approximate surface area is 179 Å². The topological polar surface area (TPSA) is 123 Å². The number of nitrogens with zero attached hydrogens (tertiary/aromatic N) is 1. The summed E-state index contributed by atoms with van der Waals surface area (Å²) in [6, 6.07) is 11.1. The van der Waals surface area contributed by atoms with Gasteiger partial charge < -0.3 is 9.15 Å². The minimum absolute atomic E-state index is 0.0369. The fourth-order valence-corrected chi connectivity index (χ4v) is 6.04. The van der Waals surface area contributed by atoms with Gasteiger partial charge in [0.2, 0.25) is 10.0 Å². The number of fused-ring (bicyclic) bond motifs is 1. The number of sulfonamides is 2. The molecule has 1 aromatic heterocycles. The largest absolute Gasteiger partial charge is 0.423 e. The van der Waals surface area contributed by atoms with Crippen molar-refractivity contribution in [3.8, 4) is 0 Å². The van der Waals surface area contributed by atoms with Crippen LogP contribution in [0.15, 0.2) is 67.5 Å². The van der Waals surface area contributed by atoms with E-state index in [0.29, 0.717) is 24.2 Å². The first-order valence-corrected chi connectivity index (χ1v) is 12.3. The lowest BCUT2D eigenvalue weighted by atomic mass is 10.2. The van der Waals surface area contributed by atoms with E-state index in [1.165, 1.54) is 46.8 Å². The summed E-state index contributed by atoms with van der Waals surface area (Å²) in [7, 11) is -7.80. The number of anilines is 1. The van der Waals surface area contributed by atoms with Gasteiger partial charge in [-0.05, 0) is 48.9 Å². The lowest BCUT2D eigenvalue weighted by Crippen LogP contribution is -2.40. The van der Waals surface area contributed by atoms with Crippen molar-refractivity contribution in [1.29, 1.82) is 0 Å². The zero-order chi connectivity index (χ0) is 22.2. The highest BCUT2D eigenvalue weighted by Gasteiger charge is 2.28. The van der Waals surface area contributed by atoms with Gasteiger partial charge in [0.1, 0.15) is 5.58 Å². The Balaban J connectivity index is 1.67. The van der Waals surface area contributed by atoms with Crippen LogP contribution >= 0.6 is 0 Å². The first kappa shape index (κ1) is 21.5. The highest BCUT2D eigenvalue weighted by molar-refractivity contribution is 7.92. The summed E-state index contributed by atoms with van der Waals surface area (Å²) in [5.41, 5.74) is 0.364. The molecule has 0 saturated carbocycles. The van der Waals surface area contributed by atoms with Crippen molar-refractivity contribution in [2.24, 2.45) is 0 Å². The van der Waals surface area contributed by atoms with Crippen LogP contribution in [-0.2, 0) is 24.8 Å². The van der Waals surface area contributed by atoms with Crippen LogP contribution in [0.25, 0.3) is 11.0 Å². The maximum atomic E-state index is 13.0. The second-order valence-electron chi connectivity index (χ2n) is 7.06. The maximum absolute atomic E-state index is 13.0. The summed E-state index contributed by atoms with van der Waals surface area (Å²) in [6.07, 6.45) is 0. The summed E-state index contributed by atoms with van der Waals surface area (Å²) in [5.74, 6) is 0. The van der Waals surface area contributed by atoms with Crippen LogP contribution in [0, 0.1) is 6.92 Å². The molecule has 1 N–H and O–H groups in total. The van der Waals surface area contributed by atoms with Crippen molar-refractivity contribution in [1.82, 2.24) is 4.31 Å². The zero-order valence-electron chi connectivity index (χ0n) is 16.6. The Kier molecular flexibility index (Phi) is 5.60. The lowest BCUT2D eigenvalue weighted by Gasteiger charge is -2.26. The van der Waals surface area contributed by atoms with Crippen LogP contribution in [0.2, 0.25) is 0 Å². The average molecular weight is 465 g/mol. The molecule has 0 amide bonds. The van der Waals surface area contributed by atoms with Gasteiger partial charge in [0.25, 0.3) is 10.0 Å². The maximum Gasteiger partial charge on any atom is 0.336 e. The van der Waals surface area contributed by atoms with E-state index in [2.05, 4.69) is 4.72 Å². The molecule has 0 radical (unpaired) electrons. The fourth-order valence-electron chi connectivity index (χ4n) is 3.30. The van der Waals surface area contributed by atoms with Crippen LogP contribution in [0.4, 0.5) is 5.69 Å². The van der Waals surface area contributed by atoms with E-state index in [9.17, 15) is 21.6 Å². The van der Waals surface area contributed by atoms with Gasteiger partial charge in [0, 0.05) is 24.5 Å². The molecule has 4 rings (SSSR count). The molecule has 2 aromatic carbocycles. The molecular weight excluding hydrogens is 444 g/mol. The average Bonchev–Trinajstić information content (AvgIpc) is 2.75. The van der Waals surface area contributed by atoms with Crippen LogP contribution in [0.1, 0.15) is 5.56 Å². The van der Waals surface area contributed by atoms with Gasteiger partial charge in [-0.1, -0.05) is 6.07 Å². The first-order valence-electron chi connectivity index (χ1n) is 9.42. The third kappa shape index (κ3) is 4.35. The molecule has 1 fully saturated rings. The predicted molar refractivity (Wildman–Crippen MR) is 114 cm³/mol. The highest BCUT2D eigenvalue weighted by Crippen LogP contribution is 2.26. The molecule has 3 aromatic rings. The smallest absolute Gasteiger partial charge is 0.336 e. The Hall–Kier alpha value is -2.73. The third-order valence-corrected chi connectivity index (χ3v) is 8.35. The molecule has 11 heteroatoms. The number of nitrogens with one attached hydrogen (secondary N) is 1. The molecular formula is C20H20N2O7S2. The van der Waals surface area contributed by atoms with Crippen LogP contribution in [0.3, 0.4) is 0 Å². The summed E-state index contributed by atoms with van der Waals surface area (Å²) >= 11 is 0. The van der Waals surface area contributed by atoms with Gasteiger partial charge in [0.05, 0.1) is 28.7 Å². The van der Waals surface area contributed by atoms with E-state index in [-0.39, 0.29) is 34.2 Å². The molecule has 164 valence electrons. The third-order valence-electron chi connectivity index (χ3n) is 4.93. The van der Waals surface area contributed by atoms with Crippen molar-refractivity contribution in [2.45, 2.75) is 16.7 Å². The van der Waals surface area contributed by atoms with E-state index in [0.717, 1.165) is 0 Å². The van der Waals surface area contributed by atoms with Crippen molar-refractivity contribution < 1.29 is 26.0 Å². The van der Waals surface area contributed by atoms with Crippen molar-refractivity contribution in [3.05, 3.63) is 64.5 Å². The number of morpholine rings is 1. The van der Waals surface area contributed by atoms with E-state index < -0.39 is 25.7 Å². The summed E-state index contributed by atoms with van der Waals surface area (Å²) in [6.45, 7) is 2.76. The van der Waals surface area contributed by atoms with Gasteiger partial charge in [-0.3, -0.25) is 4.72 Å². The van der Waals surface area contributed by atoms with E-state index in [1.54, 1.807) is 13.0 Å². The number of hydrogen-bond donors (Lipinski definition) is 1. The van der Waals surface area contributed by atoms with Gasteiger partial charge in [-0.15, -0.1) is 0 Å². The molecule has 0 unspecified atom stereocenters. The highest BCUT2D eigenvalue weighted by atomic mass is 32.2. The number of benzene rings is 2. The molecule has 1 aliphatic heterocycles. The van der Waals surface area contributed by atoms with E-state index in [1.807, 2.05) is 0 Å². The monoisotopic (exact) mass is 464 g/mol. The number of hydrogen-bond acceptors (Lipinski definition) is 7. The van der Waals surface area contributed by atoms with Crippen LogP contribution in [0.5, 0.6) is 0 Å². The number of aryl methyl sites for hydroxylation is 1. The summed E-state index contributed by atoms with van der Waals surface area (Å²) in [4.78, 5) is 11.3. The minimum Gasteiger partial charge on any atom is -0.423 e. The number of rotatable bonds is 5. The van der Waals surface area contributed by atoms with Crippen LogP contribution < -0.4 is 10.3 Å². The number of ether oxygens (including phenoxy) is 1.